The summed E-state index contributed by atoms with van der Waals surface area (Å²) in [6, 6.07) is 0.556. The fraction of sp³-hybridized carbons (Fsp3) is 0.889. The first-order valence-corrected chi connectivity index (χ1v) is 9.19. The Balaban J connectivity index is 1.53. The Bertz CT molecular complexity index is 348. The number of nitrogens with one attached hydrogen (secondary N) is 2. The molecule has 2 aliphatic carbocycles. The minimum atomic E-state index is -0.108. The number of carbonyl (C=O) groups excluding carboxylic acids is 2. The van der Waals surface area contributed by atoms with Gasteiger partial charge < -0.3 is 15.4 Å². The summed E-state index contributed by atoms with van der Waals surface area (Å²) in [5.41, 5.74) is 0. The van der Waals surface area contributed by atoms with E-state index in [2.05, 4.69) is 24.5 Å². The van der Waals surface area contributed by atoms with Crippen LogP contribution in [0.3, 0.4) is 0 Å². The van der Waals surface area contributed by atoms with Crippen LogP contribution >= 0.6 is 0 Å². The standard InChI is InChI=1S/C18H32N2O3/c1-13-3-7-15(8-4-13)19-17(21)11-23-12-18(22)20-16-9-5-14(2)6-10-16/h13-16H,3-12H2,1-2H3,(H,19,21)(H,20,22). The molecule has 2 aliphatic rings. The first-order chi connectivity index (χ1) is 11.0. The van der Waals surface area contributed by atoms with Gasteiger partial charge in [0.15, 0.2) is 0 Å². The lowest BCUT2D eigenvalue weighted by atomic mass is 9.87. The Morgan fingerprint density at radius 3 is 1.43 bits per heavy atom. The lowest BCUT2D eigenvalue weighted by molar-refractivity contribution is -0.132. The zero-order chi connectivity index (χ0) is 16.7. The van der Waals surface area contributed by atoms with Gasteiger partial charge in [-0.3, -0.25) is 9.59 Å². The van der Waals surface area contributed by atoms with Crippen LogP contribution in [-0.4, -0.2) is 37.1 Å². The quantitative estimate of drug-likeness (QED) is 0.788. The van der Waals surface area contributed by atoms with Gasteiger partial charge in [-0.1, -0.05) is 13.8 Å². The molecule has 132 valence electrons. The Morgan fingerprint density at radius 2 is 1.09 bits per heavy atom. The maximum atomic E-state index is 11.8. The fourth-order valence-corrected chi connectivity index (χ4v) is 3.58. The molecule has 2 saturated carbocycles. The minimum Gasteiger partial charge on any atom is -0.362 e. The van der Waals surface area contributed by atoms with E-state index < -0.39 is 0 Å². The summed E-state index contributed by atoms with van der Waals surface area (Å²) in [5, 5.41) is 6.01. The predicted molar refractivity (Wildman–Crippen MR) is 89.9 cm³/mol. The molecular formula is C18H32N2O3. The highest BCUT2D eigenvalue weighted by molar-refractivity contribution is 5.79. The normalized spacial score (nSPS) is 31.4. The van der Waals surface area contributed by atoms with Crippen molar-refractivity contribution in [3.05, 3.63) is 0 Å². The second-order valence-corrected chi connectivity index (χ2v) is 7.54. The molecule has 0 radical (unpaired) electrons. The minimum absolute atomic E-state index is 0.0266. The summed E-state index contributed by atoms with van der Waals surface area (Å²) in [7, 11) is 0. The van der Waals surface area contributed by atoms with E-state index in [1.807, 2.05) is 0 Å². The Hall–Kier alpha value is -1.10. The van der Waals surface area contributed by atoms with Gasteiger partial charge in [-0.25, -0.2) is 0 Å². The predicted octanol–water partition coefficient (Wildman–Crippen LogP) is 2.39. The van der Waals surface area contributed by atoms with E-state index in [0.717, 1.165) is 37.5 Å². The molecule has 0 bridgehead atoms. The Morgan fingerprint density at radius 1 is 0.739 bits per heavy atom. The van der Waals surface area contributed by atoms with Gasteiger partial charge in [0.1, 0.15) is 13.2 Å². The smallest absolute Gasteiger partial charge is 0.246 e. The van der Waals surface area contributed by atoms with E-state index >= 15 is 0 Å². The van der Waals surface area contributed by atoms with Crippen molar-refractivity contribution in [1.29, 1.82) is 0 Å². The first kappa shape index (κ1) is 18.2. The molecule has 0 atom stereocenters. The molecule has 0 spiro atoms. The lowest BCUT2D eigenvalue weighted by Crippen LogP contribution is -2.41. The van der Waals surface area contributed by atoms with Crippen LogP contribution in [0.15, 0.2) is 0 Å². The molecule has 2 fully saturated rings. The summed E-state index contributed by atoms with van der Waals surface area (Å²) < 4.78 is 5.26. The molecule has 23 heavy (non-hydrogen) atoms. The molecule has 0 aromatic heterocycles. The van der Waals surface area contributed by atoms with Crippen molar-refractivity contribution >= 4 is 11.8 Å². The average molecular weight is 324 g/mol. The molecule has 5 nitrogen and oxygen atoms in total. The third-order valence-electron chi connectivity index (χ3n) is 5.23. The molecule has 0 saturated heterocycles. The van der Waals surface area contributed by atoms with Gasteiger partial charge >= 0.3 is 0 Å². The van der Waals surface area contributed by atoms with E-state index in [0.29, 0.717) is 0 Å². The molecule has 0 aliphatic heterocycles. The lowest BCUT2D eigenvalue weighted by Gasteiger charge is -2.27. The molecule has 0 heterocycles. The fourth-order valence-electron chi connectivity index (χ4n) is 3.58. The second kappa shape index (κ2) is 9.26. The molecule has 0 unspecified atom stereocenters. The summed E-state index contributed by atoms with van der Waals surface area (Å²) in [6.07, 6.45) is 8.90. The molecule has 0 aromatic carbocycles. The van der Waals surface area contributed by atoms with Crippen molar-refractivity contribution in [2.75, 3.05) is 13.2 Å². The Labute approximate surface area is 139 Å². The third kappa shape index (κ3) is 6.90. The topological polar surface area (TPSA) is 67.4 Å². The summed E-state index contributed by atoms with van der Waals surface area (Å²) in [5.74, 6) is 1.32. The van der Waals surface area contributed by atoms with Gasteiger partial charge in [0.2, 0.25) is 11.8 Å². The van der Waals surface area contributed by atoms with Gasteiger partial charge in [-0.05, 0) is 63.2 Å². The van der Waals surface area contributed by atoms with Crippen molar-refractivity contribution in [2.24, 2.45) is 11.8 Å². The number of rotatable bonds is 6. The van der Waals surface area contributed by atoms with Crippen LogP contribution in [0.2, 0.25) is 0 Å². The molecule has 0 aromatic rings. The van der Waals surface area contributed by atoms with E-state index in [1.54, 1.807) is 0 Å². The molecule has 5 heteroatoms. The third-order valence-corrected chi connectivity index (χ3v) is 5.23. The number of hydrogen-bond acceptors (Lipinski definition) is 3. The van der Waals surface area contributed by atoms with Crippen molar-refractivity contribution in [2.45, 2.75) is 77.3 Å². The van der Waals surface area contributed by atoms with E-state index in [4.69, 9.17) is 4.74 Å². The largest absolute Gasteiger partial charge is 0.362 e. The zero-order valence-electron chi connectivity index (χ0n) is 14.6. The number of ether oxygens (including phenoxy) is 1. The van der Waals surface area contributed by atoms with E-state index in [-0.39, 0.29) is 37.1 Å². The molecule has 2 N–H and O–H groups in total. The van der Waals surface area contributed by atoms with Crippen LogP contribution in [0.1, 0.15) is 65.2 Å². The van der Waals surface area contributed by atoms with Gasteiger partial charge in [0.25, 0.3) is 0 Å². The van der Waals surface area contributed by atoms with Crippen LogP contribution in [0.25, 0.3) is 0 Å². The number of carbonyl (C=O) groups is 2. The van der Waals surface area contributed by atoms with E-state index in [9.17, 15) is 9.59 Å². The SMILES string of the molecule is CC1CCC(NC(=O)COCC(=O)NC2CCC(C)CC2)CC1. The van der Waals surface area contributed by atoms with Gasteiger partial charge in [0.05, 0.1) is 0 Å². The molecule has 2 rings (SSSR count). The van der Waals surface area contributed by atoms with Gasteiger partial charge in [-0.2, -0.15) is 0 Å². The highest BCUT2D eigenvalue weighted by Gasteiger charge is 2.21. The molecule has 2 amide bonds. The van der Waals surface area contributed by atoms with Crippen molar-refractivity contribution in [1.82, 2.24) is 10.6 Å². The van der Waals surface area contributed by atoms with Gasteiger partial charge in [-0.15, -0.1) is 0 Å². The highest BCUT2D eigenvalue weighted by Crippen LogP contribution is 2.24. The zero-order valence-corrected chi connectivity index (χ0v) is 14.6. The molecular weight excluding hydrogens is 292 g/mol. The maximum Gasteiger partial charge on any atom is 0.246 e. The van der Waals surface area contributed by atoms with Crippen LogP contribution < -0.4 is 10.6 Å². The Kier molecular flexibility index (Phi) is 7.34. The first-order valence-electron chi connectivity index (χ1n) is 9.19. The second-order valence-electron chi connectivity index (χ2n) is 7.54. The number of hydrogen-bond donors (Lipinski definition) is 2. The van der Waals surface area contributed by atoms with Crippen LogP contribution in [-0.2, 0) is 14.3 Å². The van der Waals surface area contributed by atoms with Crippen LogP contribution in [0.5, 0.6) is 0 Å². The highest BCUT2D eigenvalue weighted by atomic mass is 16.5. The monoisotopic (exact) mass is 324 g/mol. The average Bonchev–Trinajstić information content (AvgIpc) is 2.52. The van der Waals surface area contributed by atoms with Crippen molar-refractivity contribution in [3.8, 4) is 0 Å². The van der Waals surface area contributed by atoms with Gasteiger partial charge in [0, 0.05) is 12.1 Å². The van der Waals surface area contributed by atoms with Crippen LogP contribution in [0, 0.1) is 11.8 Å². The van der Waals surface area contributed by atoms with E-state index in [1.165, 1.54) is 25.7 Å². The summed E-state index contributed by atoms with van der Waals surface area (Å²) in [6.45, 7) is 4.46. The van der Waals surface area contributed by atoms with Crippen molar-refractivity contribution < 1.29 is 14.3 Å². The maximum absolute atomic E-state index is 11.8. The van der Waals surface area contributed by atoms with Crippen LogP contribution in [0.4, 0.5) is 0 Å². The number of amides is 2. The van der Waals surface area contributed by atoms with Crippen molar-refractivity contribution in [3.63, 3.8) is 0 Å². The summed E-state index contributed by atoms with van der Waals surface area (Å²) >= 11 is 0. The summed E-state index contributed by atoms with van der Waals surface area (Å²) in [4.78, 5) is 23.7.